The summed E-state index contributed by atoms with van der Waals surface area (Å²) in [5.74, 6) is -2.11. The van der Waals surface area contributed by atoms with Gasteiger partial charge in [-0.1, -0.05) is 6.07 Å². The molecule has 0 radical (unpaired) electrons. The van der Waals surface area contributed by atoms with Crippen LogP contribution < -0.4 is 0 Å². The SMILES string of the molecule is O=C1C(=O)N(C[C@H]2CCCO2)[C@@H](c2cccs2)C1=C(O)c1ccc(F)cc1. The molecule has 2 aromatic rings. The molecule has 0 bridgehead atoms. The predicted octanol–water partition coefficient (Wildman–Crippen LogP) is 3.49. The van der Waals surface area contributed by atoms with E-state index in [2.05, 4.69) is 0 Å². The number of thiophene rings is 1. The number of amides is 1. The van der Waals surface area contributed by atoms with Gasteiger partial charge in [-0.15, -0.1) is 11.3 Å². The molecule has 1 aromatic carbocycles. The fraction of sp³-hybridized carbons (Fsp3) is 0.300. The van der Waals surface area contributed by atoms with Gasteiger partial charge in [0.2, 0.25) is 0 Å². The normalized spacial score (nSPS) is 24.7. The molecule has 140 valence electrons. The van der Waals surface area contributed by atoms with Gasteiger partial charge in [-0.2, -0.15) is 0 Å². The van der Waals surface area contributed by atoms with E-state index in [1.165, 1.54) is 40.5 Å². The Hall–Kier alpha value is -2.51. The van der Waals surface area contributed by atoms with Crippen LogP contribution in [-0.4, -0.2) is 41.0 Å². The Balaban J connectivity index is 1.78. The first-order valence-corrected chi connectivity index (χ1v) is 9.63. The molecular formula is C20H18FNO4S. The number of ether oxygens (including phenoxy) is 1. The van der Waals surface area contributed by atoms with Crippen molar-refractivity contribution in [2.45, 2.75) is 25.0 Å². The van der Waals surface area contributed by atoms with Gasteiger partial charge in [0.25, 0.3) is 11.7 Å². The van der Waals surface area contributed by atoms with Crippen molar-refractivity contribution in [1.82, 2.24) is 4.90 Å². The largest absolute Gasteiger partial charge is 0.507 e. The lowest BCUT2D eigenvalue weighted by Crippen LogP contribution is -2.36. The number of halogens is 1. The third kappa shape index (κ3) is 3.28. The molecular weight excluding hydrogens is 369 g/mol. The Labute approximate surface area is 159 Å². The maximum atomic E-state index is 13.2. The van der Waals surface area contributed by atoms with E-state index in [0.29, 0.717) is 18.7 Å². The summed E-state index contributed by atoms with van der Waals surface area (Å²) in [6.07, 6.45) is 1.64. The number of carbonyl (C=O) groups is 2. The summed E-state index contributed by atoms with van der Waals surface area (Å²) in [6.45, 7) is 0.946. The summed E-state index contributed by atoms with van der Waals surface area (Å²) in [5.41, 5.74) is 0.333. The van der Waals surface area contributed by atoms with Gasteiger partial charge in [-0.3, -0.25) is 9.59 Å². The van der Waals surface area contributed by atoms with Crippen molar-refractivity contribution >= 4 is 28.8 Å². The fourth-order valence-corrected chi connectivity index (χ4v) is 4.43. The first-order chi connectivity index (χ1) is 13.1. The van der Waals surface area contributed by atoms with E-state index in [1.807, 2.05) is 17.5 Å². The van der Waals surface area contributed by atoms with Gasteiger partial charge in [0.15, 0.2) is 0 Å². The zero-order valence-electron chi connectivity index (χ0n) is 14.4. The third-order valence-corrected chi connectivity index (χ3v) is 5.82. The maximum absolute atomic E-state index is 13.2. The minimum atomic E-state index is -0.728. The highest BCUT2D eigenvalue weighted by Gasteiger charge is 2.47. The van der Waals surface area contributed by atoms with Crippen LogP contribution in [0.1, 0.15) is 29.3 Å². The number of benzene rings is 1. The van der Waals surface area contributed by atoms with Gasteiger partial charge >= 0.3 is 0 Å². The summed E-state index contributed by atoms with van der Waals surface area (Å²) < 4.78 is 18.9. The van der Waals surface area contributed by atoms with Crippen molar-refractivity contribution in [3.63, 3.8) is 0 Å². The molecule has 7 heteroatoms. The fourth-order valence-electron chi connectivity index (χ4n) is 3.58. The molecule has 0 aliphatic carbocycles. The first kappa shape index (κ1) is 17.9. The number of nitrogens with zero attached hydrogens (tertiary/aromatic N) is 1. The second-order valence-corrected chi connectivity index (χ2v) is 7.59. The molecule has 2 aliphatic heterocycles. The van der Waals surface area contributed by atoms with Crippen molar-refractivity contribution in [2.75, 3.05) is 13.2 Å². The summed E-state index contributed by atoms with van der Waals surface area (Å²) in [5, 5.41) is 12.6. The van der Waals surface area contributed by atoms with Crippen LogP contribution in [0, 0.1) is 5.82 Å². The van der Waals surface area contributed by atoms with Crippen LogP contribution in [0.3, 0.4) is 0 Å². The first-order valence-electron chi connectivity index (χ1n) is 8.75. The highest BCUT2D eigenvalue weighted by Crippen LogP contribution is 2.41. The Kier molecular flexibility index (Phi) is 4.80. The van der Waals surface area contributed by atoms with E-state index in [4.69, 9.17) is 4.74 Å². The number of likely N-dealkylation sites (tertiary alicyclic amines) is 1. The van der Waals surface area contributed by atoms with E-state index in [-0.39, 0.29) is 17.4 Å². The van der Waals surface area contributed by atoms with E-state index >= 15 is 0 Å². The molecule has 2 fully saturated rings. The van der Waals surface area contributed by atoms with Crippen LogP contribution in [-0.2, 0) is 14.3 Å². The molecule has 0 spiro atoms. The second-order valence-electron chi connectivity index (χ2n) is 6.61. The lowest BCUT2D eigenvalue weighted by molar-refractivity contribution is -0.140. The molecule has 1 aromatic heterocycles. The van der Waals surface area contributed by atoms with E-state index in [9.17, 15) is 19.1 Å². The third-order valence-electron chi connectivity index (χ3n) is 4.89. The maximum Gasteiger partial charge on any atom is 0.295 e. The van der Waals surface area contributed by atoms with Crippen molar-refractivity contribution < 1.29 is 23.8 Å². The van der Waals surface area contributed by atoms with Gasteiger partial charge in [0.1, 0.15) is 11.6 Å². The molecule has 3 heterocycles. The molecule has 27 heavy (non-hydrogen) atoms. The van der Waals surface area contributed by atoms with Gasteiger partial charge in [-0.25, -0.2) is 4.39 Å². The zero-order chi connectivity index (χ0) is 19.0. The average molecular weight is 387 g/mol. The number of hydrogen-bond acceptors (Lipinski definition) is 5. The summed E-state index contributed by atoms with van der Waals surface area (Å²) in [7, 11) is 0. The molecule has 1 N–H and O–H groups in total. The van der Waals surface area contributed by atoms with Gasteiger partial charge in [0, 0.05) is 23.6 Å². The number of aliphatic hydroxyl groups is 1. The van der Waals surface area contributed by atoms with Crippen LogP contribution in [0.5, 0.6) is 0 Å². The number of rotatable bonds is 4. The Morgan fingerprint density at radius 3 is 2.67 bits per heavy atom. The number of Topliss-reactive ketones (excluding diaryl/α,β-unsaturated/α-hetero) is 1. The smallest absolute Gasteiger partial charge is 0.295 e. The summed E-state index contributed by atoms with van der Waals surface area (Å²) >= 11 is 1.41. The zero-order valence-corrected chi connectivity index (χ0v) is 15.2. The van der Waals surface area contributed by atoms with Crippen LogP contribution >= 0.6 is 11.3 Å². The quantitative estimate of drug-likeness (QED) is 0.495. The number of ketones is 1. The van der Waals surface area contributed by atoms with Crippen LogP contribution in [0.25, 0.3) is 5.76 Å². The molecule has 4 rings (SSSR count). The lowest BCUT2D eigenvalue weighted by atomic mass is 9.99. The molecule has 2 aliphatic rings. The highest BCUT2D eigenvalue weighted by molar-refractivity contribution is 7.10. The highest BCUT2D eigenvalue weighted by atomic mass is 32.1. The molecule has 2 atom stereocenters. The van der Waals surface area contributed by atoms with Crippen molar-refractivity contribution in [2.24, 2.45) is 0 Å². The average Bonchev–Trinajstić information content (AvgIpc) is 3.40. The Bertz CT molecular complexity index is 885. The molecule has 1 amide bonds. The van der Waals surface area contributed by atoms with Crippen molar-refractivity contribution in [3.05, 3.63) is 63.6 Å². The lowest BCUT2D eigenvalue weighted by Gasteiger charge is -2.26. The van der Waals surface area contributed by atoms with Gasteiger partial charge < -0.3 is 14.7 Å². The summed E-state index contributed by atoms with van der Waals surface area (Å²) in [4.78, 5) is 27.7. The molecule has 5 nitrogen and oxygen atoms in total. The molecule has 0 unspecified atom stereocenters. The van der Waals surface area contributed by atoms with E-state index in [0.717, 1.165) is 17.7 Å². The number of hydrogen-bond donors (Lipinski definition) is 1. The monoisotopic (exact) mass is 387 g/mol. The van der Waals surface area contributed by atoms with E-state index < -0.39 is 23.5 Å². The predicted molar refractivity (Wildman–Crippen MR) is 98.7 cm³/mol. The minimum Gasteiger partial charge on any atom is -0.507 e. The minimum absolute atomic E-state index is 0.0343. The van der Waals surface area contributed by atoms with Gasteiger partial charge in [0.05, 0.1) is 17.7 Å². The standard InChI is InChI=1S/C20H18FNO4S/c21-13-7-5-12(6-8-13)18(23)16-17(15-4-2-10-27-15)22(20(25)19(16)24)11-14-3-1-9-26-14/h2,4-8,10,14,17,23H,1,3,9,11H2/t14-,17+/m1/s1. The van der Waals surface area contributed by atoms with Crippen LogP contribution in [0.15, 0.2) is 47.4 Å². The topological polar surface area (TPSA) is 66.8 Å². The summed E-state index contributed by atoms with van der Waals surface area (Å²) in [6, 6.07) is 8.20. The van der Waals surface area contributed by atoms with Crippen LogP contribution in [0.4, 0.5) is 4.39 Å². The van der Waals surface area contributed by atoms with Crippen molar-refractivity contribution in [3.8, 4) is 0 Å². The van der Waals surface area contributed by atoms with Crippen molar-refractivity contribution in [1.29, 1.82) is 0 Å². The second kappa shape index (κ2) is 7.25. The molecule has 0 saturated carbocycles. The van der Waals surface area contributed by atoms with E-state index in [1.54, 1.807) is 0 Å². The van der Waals surface area contributed by atoms with Gasteiger partial charge in [-0.05, 0) is 48.6 Å². The molecule has 2 saturated heterocycles. The Morgan fingerprint density at radius 1 is 1.26 bits per heavy atom. The number of carbonyl (C=O) groups excluding carboxylic acids is 2. The van der Waals surface area contributed by atoms with Crippen LogP contribution in [0.2, 0.25) is 0 Å². The number of aliphatic hydroxyl groups excluding tert-OH is 1. The Morgan fingerprint density at radius 2 is 2.04 bits per heavy atom.